The molecule has 0 aliphatic rings. The van der Waals surface area contributed by atoms with Crippen molar-refractivity contribution in [3.8, 4) is 0 Å². The van der Waals surface area contributed by atoms with Crippen LogP contribution in [-0.2, 0) is 6.54 Å². The van der Waals surface area contributed by atoms with Gasteiger partial charge in [-0.3, -0.25) is 4.79 Å². The average Bonchev–Trinajstić information content (AvgIpc) is 3.16. The van der Waals surface area contributed by atoms with Crippen LogP contribution in [0.25, 0.3) is 21.9 Å². The normalized spacial score (nSPS) is 11.7. The maximum absolute atomic E-state index is 12.5. The molecule has 6 nitrogen and oxygen atoms in total. The first-order valence-corrected chi connectivity index (χ1v) is 8.96. The highest BCUT2D eigenvalue weighted by Gasteiger charge is 2.11. The fourth-order valence-electron chi connectivity index (χ4n) is 3.48. The second-order valence-electron chi connectivity index (χ2n) is 6.52. The van der Waals surface area contributed by atoms with E-state index in [0.29, 0.717) is 5.56 Å². The summed E-state index contributed by atoms with van der Waals surface area (Å²) in [4.78, 5) is 20.3. The molecule has 2 aromatic heterocycles. The maximum Gasteiger partial charge on any atom is 0.271 e. The number of carbonyl (C=O) groups excluding carboxylic acids is 1. The zero-order valence-electron chi connectivity index (χ0n) is 15.6. The third kappa shape index (κ3) is 2.99. The van der Waals surface area contributed by atoms with Crippen LogP contribution in [0.15, 0.2) is 47.6 Å². The molecule has 0 atom stereocenters. The summed E-state index contributed by atoms with van der Waals surface area (Å²) >= 11 is 0. The molecule has 0 saturated carbocycles. The first-order valence-electron chi connectivity index (χ1n) is 8.96. The van der Waals surface area contributed by atoms with E-state index in [1.165, 1.54) is 0 Å². The Morgan fingerprint density at radius 3 is 2.89 bits per heavy atom. The second-order valence-corrected chi connectivity index (χ2v) is 6.52. The lowest BCUT2D eigenvalue weighted by atomic mass is 10.1. The minimum absolute atomic E-state index is 0.255. The summed E-state index contributed by atoms with van der Waals surface area (Å²) in [6.07, 6.45) is 1.68. The quantitative estimate of drug-likeness (QED) is 0.428. The van der Waals surface area contributed by atoms with Gasteiger partial charge in [-0.05, 0) is 45.0 Å². The molecule has 4 rings (SSSR count). The molecule has 0 unspecified atom stereocenters. The average molecular weight is 359 g/mol. The van der Waals surface area contributed by atoms with Crippen molar-refractivity contribution in [2.45, 2.75) is 27.3 Å². The van der Waals surface area contributed by atoms with Crippen molar-refractivity contribution in [2.75, 3.05) is 0 Å². The topological polar surface area (TPSA) is 75.1 Å². The van der Waals surface area contributed by atoms with Crippen LogP contribution in [0.1, 0.15) is 34.4 Å². The van der Waals surface area contributed by atoms with Crippen LogP contribution >= 0.6 is 0 Å². The molecule has 0 aliphatic heterocycles. The molecule has 4 aromatic rings. The van der Waals surface area contributed by atoms with Gasteiger partial charge in [0.15, 0.2) is 0 Å². The number of amides is 1. The smallest absolute Gasteiger partial charge is 0.271 e. The van der Waals surface area contributed by atoms with Gasteiger partial charge in [0.25, 0.3) is 5.91 Å². The zero-order valence-corrected chi connectivity index (χ0v) is 15.6. The van der Waals surface area contributed by atoms with E-state index in [4.69, 9.17) is 0 Å². The Morgan fingerprint density at radius 2 is 2.07 bits per heavy atom. The molecule has 0 fully saturated rings. The third-order valence-corrected chi connectivity index (χ3v) is 4.82. The maximum atomic E-state index is 12.5. The second kappa shape index (κ2) is 6.72. The van der Waals surface area contributed by atoms with Crippen LogP contribution in [0.5, 0.6) is 0 Å². The number of H-pyrrole nitrogens is 1. The van der Waals surface area contributed by atoms with Gasteiger partial charge in [-0.15, -0.1) is 0 Å². The highest BCUT2D eigenvalue weighted by Crippen LogP contribution is 2.20. The monoisotopic (exact) mass is 359 g/mol. The first-order chi connectivity index (χ1) is 13.1. The Hall–Kier alpha value is -3.41. The van der Waals surface area contributed by atoms with Crippen LogP contribution in [0.3, 0.4) is 0 Å². The Kier molecular flexibility index (Phi) is 4.24. The molecule has 0 radical (unpaired) electrons. The summed E-state index contributed by atoms with van der Waals surface area (Å²) in [5.41, 5.74) is 8.03. The van der Waals surface area contributed by atoms with Gasteiger partial charge < -0.3 is 9.55 Å². The van der Waals surface area contributed by atoms with Crippen molar-refractivity contribution >= 4 is 34.1 Å². The van der Waals surface area contributed by atoms with Crippen molar-refractivity contribution < 1.29 is 4.79 Å². The number of hydrogen-bond donors (Lipinski definition) is 2. The van der Waals surface area contributed by atoms with Gasteiger partial charge >= 0.3 is 0 Å². The van der Waals surface area contributed by atoms with E-state index in [9.17, 15) is 4.79 Å². The molecule has 2 N–H and O–H groups in total. The van der Waals surface area contributed by atoms with E-state index < -0.39 is 0 Å². The molecule has 0 bridgehead atoms. The van der Waals surface area contributed by atoms with E-state index in [2.05, 4.69) is 32.0 Å². The van der Waals surface area contributed by atoms with Gasteiger partial charge in [0.05, 0.1) is 17.2 Å². The minimum Gasteiger partial charge on any atom is -0.358 e. The lowest BCUT2D eigenvalue weighted by Gasteiger charge is -2.03. The highest BCUT2D eigenvalue weighted by atomic mass is 16.2. The molecule has 0 aliphatic carbocycles. The molecule has 136 valence electrons. The highest BCUT2D eigenvalue weighted by molar-refractivity contribution is 6.02. The van der Waals surface area contributed by atoms with Crippen LogP contribution < -0.4 is 5.43 Å². The van der Waals surface area contributed by atoms with Gasteiger partial charge in [0, 0.05) is 34.3 Å². The van der Waals surface area contributed by atoms with Crippen LogP contribution in [0.4, 0.5) is 0 Å². The predicted molar refractivity (Wildman–Crippen MR) is 108 cm³/mol. The Bertz CT molecular complexity index is 1180. The van der Waals surface area contributed by atoms with E-state index >= 15 is 0 Å². The molecular formula is C21H21N5O. The number of rotatable bonds is 4. The molecule has 0 saturated heterocycles. The lowest BCUT2D eigenvalue weighted by molar-refractivity contribution is 0.0955. The molecule has 27 heavy (non-hydrogen) atoms. The van der Waals surface area contributed by atoms with Gasteiger partial charge in [-0.2, -0.15) is 5.10 Å². The van der Waals surface area contributed by atoms with Crippen LogP contribution in [-0.4, -0.2) is 26.7 Å². The number of hydrazone groups is 1. The lowest BCUT2D eigenvalue weighted by Crippen LogP contribution is -2.17. The minimum atomic E-state index is -0.255. The molecular weight excluding hydrogens is 338 g/mol. The fourth-order valence-corrected chi connectivity index (χ4v) is 3.48. The van der Waals surface area contributed by atoms with Crippen molar-refractivity contribution in [2.24, 2.45) is 5.10 Å². The van der Waals surface area contributed by atoms with E-state index in [1.54, 1.807) is 18.3 Å². The van der Waals surface area contributed by atoms with E-state index in [1.807, 2.05) is 44.2 Å². The zero-order chi connectivity index (χ0) is 19.0. The number of fused-ring (bicyclic) bond motifs is 2. The number of nitrogens with zero attached hydrogens (tertiary/aromatic N) is 3. The molecule has 2 heterocycles. The van der Waals surface area contributed by atoms with Gasteiger partial charge in [0.2, 0.25) is 0 Å². The van der Waals surface area contributed by atoms with E-state index in [0.717, 1.165) is 45.6 Å². The summed E-state index contributed by atoms with van der Waals surface area (Å²) in [6.45, 7) is 6.89. The number of para-hydroxylation sites is 1. The number of aromatic amines is 1. The molecule has 1 amide bonds. The van der Waals surface area contributed by atoms with Gasteiger partial charge in [0.1, 0.15) is 5.82 Å². The predicted octanol–water partition coefficient (Wildman–Crippen LogP) is 3.92. The number of carbonyl (C=O) groups is 1. The summed E-state index contributed by atoms with van der Waals surface area (Å²) in [7, 11) is 0. The Morgan fingerprint density at radius 1 is 1.26 bits per heavy atom. The molecule has 6 heteroatoms. The van der Waals surface area contributed by atoms with Crippen molar-refractivity contribution in [3.63, 3.8) is 0 Å². The largest absolute Gasteiger partial charge is 0.358 e. The van der Waals surface area contributed by atoms with Crippen molar-refractivity contribution in [3.05, 3.63) is 65.1 Å². The molecule has 0 spiro atoms. The third-order valence-electron chi connectivity index (χ3n) is 4.82. The van der Waals surface area contributed by atoms with Gasteiger partial charge in [-0.25, -0.2) is 10.4 Å². The Labute approximate surface area is 156 Å². The Balaban J connectivity index is 1.56. The van der Waals surface area contributed by atoms with Crippen molar-refractivity contribution in [1.82, 2.24) is 20.0 Å². The standard InChI is InChI=1S/C21H21N5O/c1-4-26-14(3)24-19-11-15(9-10-20(19)26)21(27)25-22-12-17-13(2)23-18-8-6-5-7-16(17)18/h5-12,23H,4H2,1-3H3,(H,25,27)/b22-12+. The number of aryl methyl sites for hydroxylation is 3. The number of benzene rings is 2. The SMILES string of the molecule is CCn1c(C)nc2cc(C(=O)N/N=C/c3c(C)[nH]c4ccccc34)ccc21. The number of aromatic nitrogens is 3. The number of nitrogens with one attached hydrogen (secondary N) is 2. The van der Waals surface area contributed by atoms with Crippen molar-refractivity contribution in [1.29, 1.82) is 0 Å². The van der Waals surface area contributed by atoms with Crippen LogP contribution in [0.2, 0.25) is 0 Å². The van der Waals surface area contributed by atoms with Crippen LogP contribution in [0, 0.1) is 13.8 Å². The summed E-state index contributed by atoms with van der Waals surface area (Å²) < 4.78 is 2.12. The summed E-state index contributed by atoms with van der Waals surface area (Å²) in [5, 5.41) is 5.23. The van der Waals surface area contributed by atoms with Gasteiger partial charge in [-0.1, -0.05) is 18.2 Å². The number of imidazole rings is 1. The summed E-state index contributed by atoms with van der Waals surface area (Å²) in [5.74, 6) is 0.687. The summed E-state index contributed by atoms with van der Waals surface area (Å²) in [6, 6.07) is 13.6. The molecule has 2 aromatic carbocycles. The fraction of sp³-hybridized carbons (Fsp3) is 0.190. The van der Waals surface area contributed by atoms with E-state index in [-0.39, 0.29) is 5.91 Å². The number of hydrogen-bond acceptors (Lipinski definition) is 3. The first kappa shape index (κ1) is 17.0.